The van der Waals surface area contributed by atoms with E-state index in [2.05, 4.69) is 20.1 Å². The van der Waals surface area contributed by atoms with Gasteiger partial charge in [0.15, 0.2) is 0 Å². The van der Waals surface area contributed by atoms with Crippen LogP contribution in [0.4, 0.5) is 17.1 Å². The van der Waals surface area contributed by atoms with Crippen LogP contribution in [-0.2, 0) is 16.0 Å². The van der Waals surface area contributed by atoms with Crippen molar-refractivity contribution in [3.63, 3.8) is 0 Å². The SMILES string of the molecule is CNc1c([N+](=O)[O-])cc(CC(=O)OC)c(N=[N+]=[N-])c1Cl. The molecule has 1 rings (SSSR count). The number of nitrogens with zero attached hydrogens (tertiary/aromatic N) is 4. The van der Waals surface area contributed by atoms with E-state index < -0.39 is 10.9 Å². The molecule has 0 aromatic heterocycles. The second kappa shape index (κ2) is 6.60. The normalized spacial score (nSPS) is 9.55. The summed E-state index contributed by atoms with van der Waals surface area (Å²) in [7, 11) is 2.61. The van der Waals surface area contributed by atoms with E-state index in [1.807, 2.05) is 0 Å². The predicted molar refractivity (Wildman–Crippen MR) is 72.2 cm³/mol. The van der Waals surface area contributed by atoms with Crippen molar-refractivity contribution < 1.29 is 14.5 Å². The van der Waals surface area contributed by atoms with Crippen LogP contribution in [0.3, 0.4) is 0 Å². The summed E-state index contributed by atoms with van der Waals surface area (Å²) in [4.78, 5) is 24.2. The van der Waals surface area contributed by atoms with Gasteiger partial charge in [-0.1, -0.05) is 16.7 Å². The summed E-state index contributed by atoms with van der Waals surface area (Å²) in [5.74, 6) is -0.637. The van der Waals surface area contributed by atoms with Crippen molar-refractivity contribution >= 4 is 34.6 Å². The summed E-state index contributed by atoms with van der Waals surface area (Å²) in [6.07, 6.45) is -0.296. The Morgan fingerprint density at radius 2 is 2.35 bits per heavy atom. The van der Waals surface area contributed by atoms with Crippen molar-refractivity contribution in [2.45, 2.75) is 6.42 Å². The number of ether oxygens (including phenoxy) is 1. The van der Waals surface area contributed by atoms with Crippen molar-refractivity contribution in [3.05, 3.63) is 37.2 Å². The lowest BCUT2D eigenvalue weighted by molar-refractivity contribution is -0.384. The number of halogens is 1. The minimum atomic E-state index is -0.654. The van der Waals surface area contributed by atoms with Gasteiger partial charge in [-0.3, -0.25) is 14.9 Å². The van der Waals surface area contributed by atoms with Gasteiger partial charge in [0.05, 0.1) is 29.2 Å². The Balaban J connectivity index is 3.59. The molecule has 106 valence electrons. The number of rotatable bonds is 5. The number of methoxy groups -OCH3 is 1. The molecule has 10 heteroatoms. The minimum Gasteiger partial charge on any atom is -0.469 e. The van der Waals surface area contributed by atoms with E-state index in [9.17, 15) is 14.9 Å². The van der Waals surface area contributed by atoms with Gasteiger partial charge in [-0.2, -0.15) is 0 Å². The van der Waals surface area contributed by atoms with Gasteiger partial charge in [-0.05, 0) is 11.1 Å². The summed E-state index contributed by atoms with van der Waals surface area (Å²) in [6, 6.07) is 1.12. The lowest BCUT2D eigenvalue weighted by atomic mass is 10.1. The Hall–Kier alpha value is -2.51. The van der Waals surface area contributed by atoms with Gasteiger partial charge >= 0.3 is 5.97 Å². The maximum absolute atomic E-state index is 11.3. The standard InChI is InChI=1S/C10H10ClN5O4/c1-13-10-6(16(18)19)3-5(4-7(17)20-2)9(8(10)11)14-15-12/h3,13H,4H2,1-2H3. The molecule has 0 heterocycles. The number of azide groups is 1. The van der Waals surface area contributed by atoms with Gasteiger partial charge < -0.3 is 10.1 Å². The van der Waals surface area contributed by atoms with Crippen LogP contribution in [0.25, 0.3) is 10.4 Å². The smallest absolute Gasteiger partial charge is 0.309 e. The highest BCUT2D eigenvalue weighted by Gasteiger charge is 2.23. The summed E-state index contributed by atoms with van der Waals surface area (Å²) in [5, 5.41) is 16.8. The van der Waals surface area contributed by atoms with Crippen molar-refractivity contribution in [2.24, 2.45) is 5.11 Å². The average Bonchev–Trinajstić information content (AvgIpc) is 2.41. The van der Waals surface area contributed by atoms with Crippen molar-refractivity contribution in [1.82, 2.24) is 0 Å². The number of nitrogens with one attached hydrogen (secondary N) is 1. The molecule has 0 atom stereocenters. The Morgan fingerprint density at radius 1 is 1.70 bits per heavy atom. The van der Waals surface area contributed by atoms with Gasteiger partial charge in [-0.25, -0.2) is 0 Å². The fourth-order valence-corrected chi connectivity index (χ4v) is 1.92. The Labute approximate surface area is 118 Å². The molecular weight excluding hydrogens is 290 g/mol. The molecule has 0 aliphatic carbocycles. The van der Waals surface area contributed by atoms with E-state index in [0.717, 1.165) is 6.07 Å². The van der Waals surface area contributed by atoms with Gasteiger partial charge in [0, 0.05) is 18.0 Å². The number of carbonyl (C=O) groups is 1. The van der Waals surface area contributed by atoms with Crippen molar-refractivity contribution in [2.75, 3.05) is 19.5 Å². The molecule has 0 radical (unpaired) electrons. The van der Waals surface area contributed by atoms with Crippen molar-refractivity contribution in [1.29, 1.82) is 0 Å². The zero-order chi connectivity index (χ0) is 15.3. The first kappa shape index (κ1) is 15.5. The zero-order valence-corrected chi connectivity index (χ0v) is 11.3. The molecule has 0 spiro atoms. The molecule has 0 amide bonds. The topological polar surface area (TPSA) is 130 Å². The molecule has 9 nitrogen and oxygen atoms in total. The summed E-state index contributed by atoms with van der Waals surface area (Å²) in [5.41, 5.74) is 8.28. The van der Waals surface area contributed by atoms with Crippen LogP contribution in [0.1, 0.15) is 5.56 Å². The second-order valence-electron chi connectivity index (χ2n) is 3.54. The number of hydrogen-bond donors (Lipinski definition) is 1. The molecule has 0 saturated heterocycles. The highest BCUT2D eigenvalue weighted by molar-refractivity contribution is 6.36. The highest BCUT2D eigenvalue weighted by Crippen LogP contribution is 2.42. The van der Waals surface area contributed by atoms with Crippen LogP contribution >= 0.6 is 11.6 Å². The van der Waals surface area contributed by atoms with E-state index in [1.54, 1.807) is 0 Å². The monoisotopic (exact) mass is 299 g/mol. The van der Waals surface area contributed by atoms with E-state index in [4.69, 9.17) is 17.1 Å². The van der Waals surface area contributed by atoms with E-state index in [0.29, 0.717) is 0 Å². The zero-order valence-electron chi connectivity index (χ0n) is 10.6. The Kier molecular flexibility index (Phi) is 5.13. The number of benzene rings is 1. The number of carbonyl (C=O) groups excluding carboxylic acids is 1. The summed E-state index contributed by atoms with van der Waals surface area (Å²) >= 11 is 5.98. The van der Waals surface area contributed by atoms with Gasteiger partial charge in [0.25, 0.3) is 5.69 Å². The minimum absolute atomic E-state index is 0.00711. The third kappa shape index (κ3) is 3.08. The molecule has 1 N–H and O–H groups in total. The maximum atomic E-state index is 11.3. The number of nitro groups is 1. The largest absolute Gasteiger partial charge is 0.469 e. The van der Waals surface area contributed by atoms with Crippen LogP contribution in [0.2, 0.25) is 5.02 Å². The molecule has 0 unspecified atom stereocenters. The molecule has 0 saturated carbocycles. The van der Waals surface area contributed by atoms with E-state index in [1.165, 1.54) is 14.2 Å². The van der Waals surface area contributed by atoms with Crippen LogP contribution in [0.15, 0.2) is 11.2 Å². The quantitative estimate of drug-likeness (QED) is 0.223. The number of hydrogen-bond acceptors (Lipinski definition) is 6. The molecule has 1 aromatic carbocycles. The van der Waals surface area contributed by atoms with E-state index >= 15 is 0 Å². The van der Waals surface area contributed by atoms with Crippen LogP contribution in [0.5, 0.6) is 0 Å². The van der Waals surface area contributed by atoms with Crippen LogP contribution in [0, 0.1) is 10.1 Å². The number of nitro benzene ring substituents is 1. The van der Waals surface area contributed by atoms with Gasteiger partial charge in [-0.15, -0.1) is 0 Å². The molecule has 0 aliphatic heterocycles. The van der Waals surface area contributed by atoms with Gasteiger partial charge in [0.2, 0.25) is 0 Å². The molecule has 0 fully saturated rings. The first-order valence-corrected chi connectivity index (χ1v) is 5.63. The molecule has 20 heavy (non-hydrogen) atoms. The van der Waals surface area contributed by atoms with Gasteiger partial charge in [0.1, 0.15) is 5.69 Å². The summed E-state index contributed by atoms with van der Waals surface area (Å²) in [6.45, 7) is 0. The lowest BCUT2D eigenvalue weighted by Gasteiger charge is -2.11. The highest BCUT2D eigenvalue weighted by atomic mass is 35.5. The number of esters is 1. The lowest BCUT2D eigenvalue weighted by Crippen LogP contribution is -2.06. The third-order valence-corrected chi connectivity index (χ3v) is 2.82. The first-order valence-electron chi connectivity index (χ1n) is 5.25. The molecule has 0 aliphatic rings. The first-order chi connectivity index (χ1) is 9.46. The fourth-order valence-electron chi connectivity index (χ4n) is 1.57. The van der Waals surface area contributed by atoms with Crippen LogP contribution in [-0.4, -0.2) is 25.1 Å². The van der Waals surface area contributed by atoms with Crippen molar-refractivity contribution in [3.8, 4) is 0 Å². The van der Waals surface area contributed by atoms with E-state index in [-0.39, 0.29) is 34.1 Å². The molecule has 0 bridgehead atoms. The Bertz CT molecular complexity index is 612. The number of anilines is 1. The fraction of sp³-hybridized carbons (Fsp3) is 0.300. The summed E-state index contributed by atoms with van der Waals surface area (Å²) < 4.78 is 4.48. The average molecular weight is 300 g/mol. The maximum Gasteiger partial charge on any atom is 0.309 e. The Morgan fingerprint density at radius 3 is 2.80 bits per heavy atom. The van der Waals surface area contributed by atoms with Crippen LogP contribution < -0.4 is 5.32 Å². The predicted octanol–water partition coefficient (Wildman–Crippen LogP) is 2.95. The molecular formula is C10H10ClN5O4. The second-order valence-corrected chi connectivity index (χ2v) is 3.92. The molecule has 1 aromatic rings. The third-order valence-electron chi connectivity index (χ3n) is 2.45.